The minimum atomic E-state index is -0.276. The predicted molar refractivity (Wildman–Crippen MR) is 76.9 cm³/mol. The number of anilines is 1. The molecule has 0 bridgehead atoms. The van der Waals surface area contributed by atoms with E-state index in [1.165, 1.54) is 12.1 Å². The van der Waals surface area contributed by atoms with Crippen molar-refractivity contribution in [3.05, 3.63) is 42.0 Å². The Bertz CT molecular complexity index is 827. The molecule has 1 fully saturated rings. The first kappa shape index (κ1) is 12.1. The van der Waals surface area contributed by atoms with Gasteiger partial charge in [-0.15, -0.1) is 0 Å². The van der Waals surface area contributed by atoms with Crippen LogP contribution in [0.4, 0.5) is 10.3 Å². The lowest BCUT2D eigenvalue weighted by Crippen LogP contribution is -2.03. The third-order valence-corrected chi connectivity index (χ3v) is 3.56. The Labute approximate surface area is 120 Å². The van der Waals surface area contributed by atoms with E-state index < -0.39 is 0 Å². The van der Waals surface area contributed by atoms with Crippen LogP contribution in [0.2, 0.25) is 0 Å². The van der Waals surface area contributed by atoms with E-state index in [1.54, 1.807) is 18.3 Å². The molecule has 3 aromatic rings. The maximum atomic E-state index is 13.0. The highest BCUT2D eigenvalue weighted by Crippen LogP contribution is 2.41. The van der Waals surface area contributed by atoms with Crippen molar-refractivity contribution >= 4 is 17.1 Å². The van der Waals surface area contributed by atoms with Crippen molar-refractivity contribution in [2.75, 3.05) is 5.73 Å². The van der Waals surface area contributed by atoms with E-state index in [1.807, 2.05) is 0 Å². The summed E-state index contributed by atoms with van der Waals surface area (Å²) in [7, 11) is 0. The van der Waals surface area contributed by atoms with E-state index in [9.17, 15) is 4.39 Å². The molecule has 1 aromatic carbocycles. The number of nitrogen functional groups attached to an aromatic ring is 1. The van der Waals surface area contributed by atoms with E-state index in [4.69, 9.17) is 5.73 Å². The molecule has 1 saturated carbocycles. The van der Waals surface area contributed by atoms with E-state index in [2.05, 4.69) is 19.9 Å². The first-order valence-electron chi connectivity index (χ1n) is 6.77. The smallest absolute Gasteiger partial charge is 0.222 e. The Morgan fingerprint density at radius 1 is 1.05 bits per heavy atom. The third kappa shape index (κ3) is 2.18. The summed E-state index contributed by atoms with van der Waals surface area (Å²) in [4.78, 5) is 17.4. The van der Waals surface area contributed by atoms with Crippen LogP contribution in [-0.4, -0.2) is 19.9 Å². The number of halogens is 1. The minimum Gasteiger partial charge on any atom is -0.368 e. The van der Waals surface area contributed by atoms with Gasteiger partial charge in [0.15, 0.2) is 5.65 Å². The van der Waals surface area contributed by atoms with Crippen molar-refractivity contribution in [1.29, 1.82) is 0 Å². The molecule has 5 nitrogen and oxygen atoms in total. The zero-order valence-corrected chi connectivity index (χ0v) is 11.1. The summed E-state index contributed by atoms with van der Waals surface area (Å²) >= 11 is 0. The van der Waals surface area contributed by atoms with E-state index in [0.717, 1.165) is 24.1 Å². The van der Waals surface area contributed by atoms with Crippen LogP contribution in [0.25, 0.3) is 22.4 Å². The third-order valence-electron chi connectivity index (χ3n) is 3.56. The number of aromatic nitrogens is 4. The SMILES string of the molecule is Nc1nc(C2CC2)c2nc(-c3ccc(F)cc3)cnc2n1. The standard InChI is InChI=1S/C15H12FN5/c16-10-5-3-8(4-6-10)11-7-18-14-13(19-11)12(9-1-2-9)20-15(17)21-14/h3-7,9H,1-2H2,(H2,17,18,20,21). The fraction of sp³-hybridized carbons (Fsp3) is 0.200. The van der Waals surface area contributed by atoms with Gasteiger partial charge in [-0.3, -0.25) is 0 Å². The lowest BCUT2D eigenvalue weighted by Gasteiger charge is -2.06. The molecular weight excluding hydrogens is 269 g/mol. The zero-order chi connectivity index (χ0) is 14.4. The van der Waals surface area contributed by atoms with Crippen molar-refractivity contribution in [2.24, 2.45) is 0 Å². The van der Waals surface area contributed by atoms with Crippen LogP contribution in [0.5, 0.6) is 0 Å². The van der Waals surface area contributed by atoms with Crippen LogP contribution in [0.3, 0.4) is 0 Å². The number of nitrogens with zero attached hydrogens (tertiary/aromatic N) is 4. The highest BCUT2D eigenvalue weighted by atomic mass is 19.1. The molecule has 21 heavy (non-hydrogen) atoms. The molecule has 0 atom stereocenters. The Morgan fingerprint density at radius 3 is 2.52 bits per heavy atom. The summed E-state index contributed by atoms with van der Waals surface area (Å²) in [6.45, 7) is 0. The highest BCUT2D eigenvalue weighted by molar-refractivity contribution is 5.77. The molecule has 6 heteroatoms. The van der Waals surface area contributed by atoms with Gasteiger partial charge in [0, 0.05) is 11.5 Å². The molecule has 0 amide bonds. The Balaban J connectivity index is 1.90. The quantitative estimate of drug-likeness (QED) is 0.781. The van der Waals surface area contributed by atoms with E-state index in [0.29, 0.717) is 22.8 Å². The van der Waals surface area contributed by atoms with Gasteiger partial charge in [0.2, 0.25) is 5.95 Å². The molecule has 2 heterocycles. The van der Waals surface area contributed by atoms with Gasteiger partial charge in [0.25, 0.3) is 0 Å². The van der Waals surface area contributed by atoms with Crippen molar-refractivity contribution in [1.82, 2.24) is 19.9 Å². The predicted octanol–water partition coefficient (Wildman–Crippen LogP) is 2.69. The second kappa shape index (κ2) is 4.44. The number of rotatable bonds is 2. The average molecular weight is 281 g/mol. The van der Waals surface area contributed by atoms with Gasteiger partial charge in [-0.1, -0.05) is 0 Å². The number of nitrogens with two attached hydrogens (primary N) is 1. The first-order chi connectivity index (χ1) is 10.2. The van der Waals surface area contributed by atoms with Crippen LogP contribution >= 0.6 is 0 Å². The molecule has 1 aliphatic carbocycles. The summed E-state index contributed by atoms with van der Waals surface area (Å²) in [6.07, 6.45) is 3.81. The Hall–Kier alpha value is -2.63. The number of hydrogen-bond donors (Lipinski definition) is 1. The summed E-state index contributed by atoms with van der Waals surface area (Å²) < 4.78 is 13.0. The average Bonchev–Trinajstić information content (AvgIpc) is 3.31. The van der Waals surface area contributed by atoms with Crippen molar-refractivity contribution in [3.63, 3.8) is 0 Å². The molecule has 0 unspecified atom stereocenters. The summed E-state index contributed by atoms with van der Waals surface area (Å²) in [6, 6.07) is 6.17. The fourth-order valence-electron chi connectivity index (χ4n) is 2.35. The van der Waals surface area contributed by atoms with Crippen molar-refractivity contribution in [2.45, 2.75) is 18.8 Å². The van der Waals surface area contributed by atoms with Gasteiger partial charge >= 0.3 is 0 Å². The molecule has 0 spiro atoms. The van der Waals surface area contributed by atoms with E-state index in [-0.39, 0.29) is 11.8 Å². The Morgan fingerprint density at radius 2 is 1.81 bits per heavy atom. The van der Waals surface area contributed by atoms with Gasteiger partial charge in [0.1, 0.15) is 11.3 Å². The lowest BCUT2D eigenvalue weighted by atomic mass is 10.1. The van der Waals surface area contributed by atoms with Gasteiger partial charge < -0.3 is 5.73 Å². The number of hydrogen-bond acceptors (Lipinski definition) is 5. The van der Waals surface area contributed by atoms with Crippen LogP contribution in [0, 0.1) is 5.82 Å². The minimum absolute atomic E-state index is 0.230. The molecule has 2 N–H and O–H groups in total. The molecule has 0 saturated heterocycles. The Kier molecular flexibility index (Phi) is 2.57. The van der Waals surface area contributed by atoms with Gasteiger partial charge in [-0.25, -0.2) is 19.3 Å². The largest absolute Gasteiger partial charge is 0.368 e. The van der Waals surface area contributed by atoms with Crippen molar-refractivity contribution in [3.8, 4) is 11.3 Å². The van der Waals surface area contributed by atoms with Crippen LogP contribution < -0.4 is 5.73 Å². The second-order valence-electron chi connectivity index (χ2n) is 5.18. The number of fused-ring (bicyclic) bond motifs is 1. The first-order valence-corrected chi connectivity index (χ1v) is 6.77. The molecule has 4 rings (SSSR count). The summed E-state index contributed by atoms with van der Waals surface area (Å²) in [5, 5.41) is 0. The molecule has 1 aliphatic rings. The van der Waals surface area contributed by atoms with Crippen LogP contribution in [0.15, 0.2) is 30.5 Å². The maximum absolute atomic E-state index is 13.0. The summed E-state index contributed by atoms with van der Waals surface area (Å²) in [5.74, 6) is 0.353. The van der Waals surface area contributed by atoms with Gasteiger partial charge in [-0.2, -0.15) is 4.98 Å². The normalized spacial score (nSPS) is 14.5. The van der Waals surface area contributed by atoms with E-state index >= 15 is 0 Å². The molecule has 104 valence electrons. The maximum Gasteiger partial charge on any atom is 0.222 e. The zero-order valence-electron chi connectivity index (χ0n) is 11.1. The van der Waals surface area contributed by atoms with Gasteiger partial charge in [-0.05, 0) is 37.1 Å². The van der Waals surface area contributed by atoms with Crippen molar-refractivity contribution < 1.29 is 4.39 Å². The fourth-order valence-corrected chi connectivity index (χ4v) is 2.35. The number of benzene rings is 1. The highest BCUT2D eigenvalue weighted by Gasteiger charge is 2.29. The van der Waals surface area contributed by atoms with Crippen LogP contribution in [-0.2, 0) is 0 Å². The second-order valence-corrected chi connectivity index (χ2v) is 5.18. The molecule has 0 radical (unpaired) electrons. The van der Waals surface area contributed by atoms with Crippen LogP contribution in [0.1, 0.15) is 24.5 Å². The molecule has 2 aromatic heterocycles. The summed E-state index contributed by atoms with van der Waals surface area (Å²) in [5.41, 5.74) is 9.28. The monoisotopic (exact) mass is 281 g/mol. The topological polar surface area (TPSA) is 77.6 Å². The molecule has 0 aliphatic heterocycles. The molecular formula is C15H12FN5. The van der Waals surface area contributed by atoms with Gasteiger partial charge in [0.05, 0.1) is 17.6 Å². The lowest BCUT2D eigenvalue weighted by molar-refractivity contribution is 0.628.